The Morgan fingerprint density at radius 2 is 1.68 bits per heavy atom. The number of carboxylic acid groups (broad SMARTS) is 1. The summed E-state index contributed by atoms with van der Waals surface area (Å²) in [6.45, 7) is 0. The van der Waals surface area contributed by atoms with Gasteiger partial charge in [-0.15, -0.1) is 5.10 Å². The van der Waals surface area contributed by atoms with Gasteiger partial charge in [0.25, 0.3) is 5.69 Å². The molecule has 0 unspecified atom stereocenters. The van der Waals surface area contributed by atoms with Gasteiger partial charge in [-0.3, -0.25) is 15.5 Å². The van der Waals surface area contributed by atoms with Crippen LogP contribution in [0.15, 0.2) is 108 Å². The van der Waals surface area contributed by atoms with Gasteiger partial charge in [-0.25, -0.2) is 14.5 Å². The number of methoxy groups -OCH3 is 1. The highest BCUT2D eigenvalue weighted by Gasteiger charge is 2.20. The highest BCUT2D eigenvalue weighted by molar-refractivity contribution is 7.19. The molecule has 0 aliphatic rings. The summed E-state index contributed by atoms with van der Waals surface area (Å²) in [6, 6.07) is 28.4. The van der Waals surface area contributed by atoms with Crippen LogP contribution in [0.4, 0.5) is 16.5 Å². The van der Waals surface area contributed by atoms with Gasteiger partial charge in [0.1, 0.15) is 17.2 Å². The molecule has 2 heterocycles. The summed E-state index contributed by atoms with van der Waals surface area (Å²) in [5.41, 5.74) is 13.7. The van der Waals surface area contributed by atoms with Crippen LogP contribution in [0.2, 0.25) is 0 Å². The number of hydrazone groups is 1. The number of benzene rings is 4. The van der Waals surface area contributed by atoms with Crippen molar-refractivity contribution in [3.63, 3.8) is 0 Å². The van der Waals surface area contributed by atoms with Crippen molar-refractivity contribution in [3.8, 4) is 44.4 Å². The van der Waals surface area contributed by atoms with Crippen molar-refractivity contribution in [2.45, 2.75) is 6.42 Å². The van der Waals surface area contributed by atoms with Gasteiger partial charge in [0.15, 0.2) is 0 Å². The van der Waals surface area contributed by atoms with Gasteiger partial charge in [0, 0.05) is 34.9 Å². The Kier molecular flexibility index (Phi) is 8.66. The number of ether oxygens (including phenoxy) is 1. The molecule has 13 nitrogen and oxygen atoms in total. The number of hydrogen-bond acceptors (Lipinski definition) is 11. The molecular formula is C33H26N8O5S. The number of aliphatic carboxylic acids is 1. The minimum Gasteiger partial charge on any atom is -0.497 e. The highest BCUT2D eigenvalue weighted by atomic mass is 32.1. The lowest BCUT2D eigenvalue weighted by atomic mass is 10.1. The molecule has 0 saturated carbocycles. The Balaban J connectivity index is 1.31. The molecule has 0 bridgehead atoms. The van der Waals surface area contributed by atoms with Gasteiger partial charge in [0.2, 0.25) is 5.13 Å². The van der Waals surface area contributed by atoms with Crippen LogP contribution in [0.3, 0.4) is 0 Å². The third-order valence-corrected chi connectivity index (χ3v) is 8.17. The standard InChI is InChI=1S/C33H26N8O5S/c1-46-26-16-10-21(11-17-26)30-31(22-8-14-25(15-9-22)40-19-28(37-39-40)20-6-12-24(34)13-7-20)47-33(35-30)38-36-27(32(42)43)18-23-4-2-3-5-29(23)41(44)45/h2-17,19H,18,34H2,1H3,(H,35,38)(H,42,43)/b36-27-. The molecule has 0 atom stereocenters. The van der Waals surface area contributed by atoms with Crippen molar-refractivity contribution in [3.05, 3.63) is 119 Å². The first-order valence-electron chi connectivity index (χ1n) is 14.1. The number of anilines is 2. The maximum atomic E-state index is 12.0. The lowest BCUT2D eigenvalue weighted by molar-refractivity contribution is -0.385. The predicted octanol–water partition coefficient (Wildman–Crippen LogP) is 6.32. The highest BCUT2D eigenvalue weighted by Crippen LogP contribution is 2.40. The molecule has 2 aromatic heterocycles. The molecule has 0 fully saturated rings. The fourth-order valence-corrected chi connectivity index (χ4v) is 5.68. The van der Waals surface area contributed by atoms with Crippen LogP contribution < -0.4 is 15.9 Å². The second-order valence-corrected chi connectivity index (χ2v) is 11.2. The number of nitro benzene ring substituents is 1. The maximum Gasteiger partial charge on any atom is 0.352 e. The van der Waals surface area contributed by atoms with E-state index in [1.165, 1.54) is 29.5 Å². The Labute approximate surface area is 271 Å². The quantitative estimate of drug-likeness (QED) is 0.0623. The Morgan fingerprint density at radius 3 is 2.36 bits per heavy atom. The van der Waals surface area contributed by atoms with Gasteiger partial charge >= 0.3 is 5.97 Å². The largest absolute Gasteiger partial charge is 0.497 e. The van der Waals surface area contributed by atoms with E-state index in [0.717, 1.165) is 27.3 Å². The summed E-state index contributed by atoms with van der Waals surface area (Å²) < 4.78 is 6.99. The second-order valence-electron chi connectivity index (χ2n) is 10.2. The zero-order valence-corrected chi connectivity index (χ0v) is 25.6. The summed E-state index contributed by atoms with van der Waals surface area (Å²) >= 11 is 1.28. The number of nitrogen functional groups attached to an aromatic ring is 1. The predicted molar refractivity (Wildman–Crippen MR) is 180 cm³/mol. The number of nitrogens with two attached hydrogens (primary N) is 1. The average molecular weight is 647 g/mol. The van der Waals surface area contributed by atoms with Crippen LogP contribution in [0.25, 0.3) is 38.6 Å². The van der Waals surface area contributed by atoms with Crippen molar-refractivity contribution in [2.75, 3.05) is 18.3 Å². The van der Waals surface area contributed by atoms with Gasteiger partial charge in [-0.05, 0) is 54.1 Å². The van der Waals surface area contributed by atoms with E-state index in [2.05, 4.69) is 20.8 Å². The van der Waals surface area contributed by atoms with E-state index in [1.54, 1.807) is 17.9 Å². The number of thiazole rings is 1. The van der Waals surface area contributed by atoms with Crippen LogP contribution in [0, 0.1) is 10.1 Å². The fraction of sp³-hybridized carbons (Fsp3) is 0.0606. The number of rotatable bonds is 11. The Hall–Kier alpha value is -6.41. The molecule has 14 heteroatoms. The number of carbonyl (C=O) groups is 1. The normalized spacial score (nSPS) is 11.3. The number of hydrogen-bond donors (Lipinski definition) is 3. The first-order chi connectivity index (χ1) is 22.8. The van der Waals surface area contributed by atoms with Gasteiger partial charge in [-0.1, -0.05) is 59.0 Å². The number of para-hydroxylation sites is 1. The van der Waals surface area contributed by atoms with E-state index < -0.39 is 10.9 Å². The summed E-state index contributed by atoms with van der Waals surface area (Å²) in [5.74, 6) is -0.629. The van der Waals surface area contributed by atoms with E-state index in [4.69, 9.17) is 15.5 Å². The van der Waals surface area contributed by atoms with E-state index >= 15 is 0 Å². The van der Waals surface area contributed by atoms with Crippen LogP contribution in [-0.2, 0) is 11.2 Å². The van der Waals surface area contributed by atoms with Crippen molar-refractivity contribution < 1.29 is 19.6 Å². The summed E-state index contributed by atoms with van der Waals surface area (Å²) in [5, 5.41) is 34.3. The molecule has 6 aromatic rings. The molecule has 0 amide bonds. The molecule has 47 heavy (non-hydrogen) atoms. The Bertz CT molecular complexity index is 2090. The summed E-state index contributed by atoms with van der Waals surface area (Å²) in [6.07, 6.45) is 1.58. The number of carboxylic acids is 1. The average Bonchev–Trinajstić information content (AvgIpc) is 3.75. The van der Waals surface area contributed by atoms with E-state index in [-0.39, 0.29) is 23.4 Å². The first-order valence-corrected chi connectivity index (χ1v) is 14.9. The molecule has 234 valence electrons. The van der Waals surface area contributed by atoms with Crippen molar-refractivity contribution in [1.82, 2.24) is 20.0 Å². The van der Waals surface area contributed by atoms with Crippen molar-refractivity contribution >= 4 is 39.5 Å². The van der Waals surface area contributed by atoms with E-state index in [9.17, 15) is 20.0 Å². The third kappa shape index (κ3) is 6.82. The molecule has 0 aliphatic heterocycles. The van der Waals surface area contributed by atoms with Crippen molar-refractivity contribution in [1.29, 1.82) is 0 Å². The van der Waals surface area contributed by atoms with Crippen LogP contribution in [0.1, 0.15) is 5.56 Å². The molecular weight excluding hydrogens is 620 g/mol. The Morgan fingerprint density at radius 1 is 1.00 bits per heavy atom. The molecule has 0 spiro atoms. The SMILES string of the molecule is COc1ccc(-c2nc(N/N=C(/Cc3ccccc3[N+](=O)[O-])C(=O)O)sc2-c2ccc(-n3cc(-c4ccc(N)cc4)nn3)cc2)cc1. The van der Waals surface area contributed by atoms with Gasteiger partial charge < -0.3 is 15.6 Å². The number of nitrogens with one attached hydrogen (secondary N) is 1. The lowest BCUT2D eigenvalue weighted by Crippen LogP contribution is -2.18. The molecule has 0 radical (unpaired) electrons. The molecule has 0 aliphatic carbocycles. The molecule has 0 saturated heterocycles. The monoisotopic (exact) mass is 646 g/mol. The molecule has 4 N–H and O–H groups in total. The van der Waals surface area contributed by atoms with E-state index in [1.807, 2.05) is 79.0 Å². The molecule has 4 aromatic carbocycles. The lowest BCUT2D eigenvalue weighted by Gasteiger charge is -2.06. The number of nitro groups is 1. The second kappa shape index (κ2) is 13.3. The van der Waals surface area contributed by atoms with Crippen LogP contribution in [-0.4, -0.2) is 48.8 Å². The van der Waals surface area contributed by atoms with E-state index in [0.29, 0.717) is 28.0 Å². The van der Waals surface area contributed by atoms with Crippen LogP contribution >= 0.6 is 11.3 Å². The summed E-state index contributed by atoms with van der Waals surface area (Å²) in [7, 11) is 1.59. The summed E-state index contributed by atoms with van der Waals surface area (Å²) in [4.78, 5) is 28.5. The minimum absolute atomic E-state index is 0.185. The van der Waals surface area contributed by atoms with Gasteiger partial charge in [0.05, 0.1) is 34.5 Å². The number of nitrogens with zero attached hydrogens (tertiary/aromatic N) is 6. The number of aromatic nitrogens is 4. The van der Waals surface area contributed by atoms with Crippen molar-refractivity contribution in [2.24, 2.45) is 5.10 Å². The minimum atomic E-state index is -1.31. The first kappa shape index (κ1) is 30.6. The topological polar surface area (TPSA) is 184 Å². The third-order valence-electron chi connectivity index (χ3n) is 7.16. The smallest absolute Gasteiger partial charge is 0.352 e. The fourth-order valence-electron chi connectivity index (χ4n) is 4.75. The van der Waals surface area contributed by atoms with Crippen LogP contribution in [0.5, 0.6) is 5.75 Å². The molecule has 6 rings (SSSR count). The zero-order chi connectivity index (χ0) is 32.9. The zero-order valence-electron chi connectivity index (χ0n) is 24.8. The maximum absolute atomic E-state index is 12.0. The van der Waals surface area contributed by atoms with Gasteiger partial charge in [-0.2, -0.15) is 5.10 Å².